The van der Waals surface area contributed by atoms with E-state index in [0.717, 1.165) is 13.0 Å². The molecule has 9 heteroatoms. The molecule has 1 aromatic heterocycles. The number of nitrogens with one attached hydrogen (secondary N) is 2. The molecule has 0 radical (unpaired) electrons. The van der Waals surface area contributed by atoms with E-state index in [4.69, 9.17) is 0 Å². The van der Waals surface area contributed by atoms with Crippen LogP contribution in [-0.2, 0) is 13.1 Å². The van der Waals surface area contributed by atoms with Crippen molar-refractivity contribution in [2.75, 3.05) is 13.6 Å². The van der Waals surface area contributed by atoms with E-state index in [1.807, 2.05) is 16.9 Å². The summed E-state index contributed by atoms with van der Waals surface area (Å²) in [6.07, 6.45) is -0.294. The fourth-order valence-electron chi connectivity index (χ4n) is 2.15. The molecule has 0 unspecified atom stereocenters. The van der Waals surface area contributed by atoms with Crippen molar-refractivity contribution in [3.63, 3.8) is 0 Å². The fraction of sp³-hybridized carbons (Fsp3) is 0.375. The van der Waals surface area contributed by atoms with Crippen molar-refractivity contribution in [1.29, 1.82) is 0 Å². The van der Waals surface area contributed by atoms with Crippen molar-refractivity contribution in [2.24, 2.45) is 4.99 Å². The first-order valence-electron chi connectivity index (χ1n) is 7.73. The molecule has 2 N–H and O–H groups in total. The van der Waals surface area contributed by atoms with Crippen molar-refractivity contribution < 1.29 is 17.9 Å². The molecule has 2 aromatic rings. The largest absolute Gasteiger partial charge is 0.573 e. The normalized spacial score (nSPS) is 12.1. The van der Waals surface area contributed by atoms with Crippen LogP contribution in [0.1, 0.15) is 12.0 Å². The highest BCUT2D eigenvalue weighted by Crippen LogP contribution is 2.25. The minimum absolute atomic E-state index is 0.158. The summed E-state index contributed by atoms with van der Waals surface area (Å²) in [4.78, 5) is 4.05. The smallest absolute Gasteiger partial charge is 0.405 e. The van der Waals surface area contributed by atoms with E-state index < -0.39 is 6.36 Å². The number of aliphatic imine (C=N–C) groups is 1. The van der Waals surface area contributed by atoms with Gasteiger partial charge in [-0.25, -0.2) is 0 Å². The van der Waals surface area contributed by atoms with Gasteiger partial charge >= 0.3 is 6.36 Å². The molecular weight excluding hydrogens is 335 g/mol. The summed E-state index contributed by atoms with van der Waals surface area (Å²) in [5, 5.41) is 10.2. The number of nitrogens with zero attached hydrogens (tertiary/aromatic N) is 3. The number of aromatic nitrogens is 2. The third-order valence-corrected chi connectivity index (χ3v) is 3.28. The van der Waals surface area contributed by atoms with Gasteiger partial charge < -0.3 is 15.4 Å². The standard InChI is InChI=1S/C16H20F3N5O/c1-20-15(21-8-4-10-24-11-5-9-23-24)22-12-13-6-2-3-7-14(13)25-16(17,18)19/h2-3,5-7,9,11H,4,8,10,12H2,1H3,(H2,20,21,22). The Morgan fingerprint density at radius 3 is 2.72 bits per heavy atom. The van der Waals surface area contributed by atoms with E-state index in [0.29, 0.717) is 18.1 Å². The number of benzene rings is 1. The molecule has 6 nitrogen and oxygen atoms in total. The Morgan fingerprint density at radius 1 is 1.24 bits per heavy atom. The Kier molecular flexibility index (Phi) is 6.67. The highest BCUT2D eigenvalue weighted by molar-refractivity contribution is 5.79. The van der Waals surface area contributed by atoms with Gasteiger partial charge in [-0.15, -0.1) is 13.2 Å². The van der Waals surface area contributed by atoms with Crippen LogP contribution >= 0.6 is 0 Å². The van der Waals surface area contributed by atoms with E-state index in [-0.39, 0.29) is 12.3 Å². The van der Waals surface area contributed by atoms with Gasteiger partial charge in [-0.1, -0.05) is 18.2 Å². The SMILES string of the molecule is CN=C(NCCCn1cccn1)NCc1ccccc1OC(F)(F)F. The molecule has 0 aliphatic rings. The Balaban J connectivity index is 1.80. The second-order valence-corrected chi connectivity index (χ2v) is 5.13. The molecule has 1 heterocycles. The second kappa shape index (κ2) is 8.95. The van der Waals surface area contributed by atoms with Crippen LogP contribution in [-0.4, -0.2) is 35.7 Å². The third kappa shape index (κ3) is 6.74. The van der Waals surface area contributed by atoms with Crippen molar-refractivity contribution >= 4 is 5.96 Å². The minimum Gasteiger partial charge on any atom is -0.405 e. The van der Waals surface area contributed by atoms with Crippen LogP contribution in [0.4, 0.5) is 13.2 Å². The Bertz CT molecular complexity index is 671. The summed E-state index contributed by atoms with van der Waals surface area (Å²) in [5.41, 5.74) is 0.388. The average Bonchev–Trinajstić information content (AvgIpc) is 3.07. The average molecular weight is 355 g/mol. The molecular formula is C16H20F3N5O. The van der Waals surface area contributed by atoms with E-state index in [1.165, 1.54) is 12.1 Å². The number of rotatable bonds is 7. The van der Waals surface area contributed by atoms with Gasteiger partial charge in [0, 0.05) is 44.6 Å². The molecule has 0 saturated heterocycles. The molecule has 0 fully saturated rings. The van der Waals surface area contributed by atoms with Gasteiger partial charge in [0.05, 0.1) is 0 Å². The topological polar surface area (TPSA) is 63.5 Å². The number of hydrogen-bond acceptors (Lipinski definition) is 3. The number of ether oxygens (including phenoxy) is 1. The summed E-state index contributed by atoms with van der Waals surface area (Å²) < 4.78 is 43.1. The summed E-state index contributed by atoms with van der Waals surface area (Å²) >= 11 is 0. The second-order valence-electron chi connectivity index (χ2n) is 5.13. The Hall–Kier alpha value is -2.71. The first-order chi connectivity index (χ1) is 12.0. The lowest BCUT2D eigenvalue weighted by molar-refractivity contribution is -0.274. The van der Waals surface area contributed by atoms with Gasteiger partial charge in [-0.2, -0.15) is 5.10 Å². The lowest BCUT2D eigenvalue weighted by Crippen LogP contribution is -2.37. The van der Waals surface area contributed by atoms with E-state index in [9.17, 15) is 13.2 Å². The predicted octanol–water partition coefficient (Wildman–Crippen LogP) is 2.54. The third-order valence-electron chi connectivity index (χ3n) is 3.28. The van der Waals surface area contributed by atoms with Crippen LogP contribution in [0.5, 0.6) is 5.75 Å². The molecule has 0 aliphatic carbocycles. The van der Waals surface area contributed by atoms with Gasteiger partial charge in [0.15, 0.2) is 5.96 Å². The molecule has 0 saturated carbocycles. The van der Waals surface area contributed by atoms with Crippen LogP contribution in [0.2, 0.25) is 0 Å². The molecule has 136 valence electrons. The van der Waals surface area contributed by atoms with Crippen molar-refractivity contribution in [1.82, 2.24) is 20.4 Å². The zero-order valence-electron chi connectivity index (χ0n) is 13.8. The van der Waals surface area contributed by atoms with E-state index in [1.54, 1.807) is 25.4 Å². The monoisotopic (exact) mass is 355 g/mol. The first kappa shape index (κ1) is 18.6. The maximum Gasteiger partial charge on any atom is 0.573 e. The van der Waals surface area contributed by atoms with E-state index >= 15 is 0 Å². The summed E-state index contributed by atoms with van der Waals surface area (Å²) in [7, 11) is 1.60. The van der Waals surface area contributed by atoms with Gasteiger partial charge in [-0.3, -0.25) is 9.67 Å². The van der Waals surface area contributed by atoms with Crippen molar-refractivity contribution in [3.8, 4) is 5.75 Å². The molecule has 1 aromatic carbocycles. The molecule has 2 rings (SSSR count). The van der Waals surface area contributed by atoms with Crippen molar-refractivity contribution in [2.45, 2.75) is 25.9 Å². The number of para-hydroxylation sites is 1. The summed E-state index contributed by atoms with van der Waals surface area (Å²) in [6, 6.07) is 7.85. The quantitative estimate of drug-likeness (QED) is 0.455. The molecule has 0 amide bonds. The maximum absolute atomic E-state index is 12.4. The zero-order chi connectivity index (χ0) is 18.1. The number of guanidine groups is 1. The van der Waals surface area contributed by atoms with Crippen LogP contribution in [0, 0.1) is 0 Å². The lowest BCUT2D eigenvalue weighted by Gasteiger charge is -2.15. The molecule has 0 spiro atoms. The summed E-state index contributed by atoms with van der Waals surface area (Å²) in [6.45, 7) is 1.57. The molecule has 0 bridgehead atoms. The number of aryl methyl sites for hydroxylation is 1. The van der Waals surface area contributed by atoms with Crippen LogP contribution in [0.15, 0.2) is 47.7 Å². The lowest BCUT2D eigenvalue weighted by atomic mass is 10.2. The minimum atomic E-state index is -4.72. The van der Waals surface area contributed by atoms with Crippen LogP contribution in [0.25, 0.3) is 0 Å². The van der Waals surface area contributed by atoms with Gasteiger partial charge in [0.25, 0.3) is 0 Å². The number of hydrogen-bond donors (Lipinski definition) is 2. The van der Waals surface area contributed by atoms with E-state index in [2.05, 4.69) is 25.5 Å². The maximum atomic E-state index is 12.4. The van der Waals surface area contributed by atoms with Gasteiger partial charge in [0.1, 0.15) is 5.75 Å². The zero-order valence-corrected chi connectivity index (χ0v) is 13.8. The van der Waals surface area contributed by atoms with Gasteiger partial charge in [0.2, 0.25) is 0 Å². The summed E-state index contributed by atoms with van der Waals surface area (Å²) in [5.74, 6) is 0.277. The molecule has 25 heavy (non-hydrogen) atoms. The highest BCUT2D eigenvalue weighted by atomic mass is 19.4. The number of alkyl halides is 3. The highest BCUT2D eigenvalue weighted by Gasteiger charge is 2.31. The molecule has 0 aliphatic heterocycles. The Morgan fingerprint density at radius 2 is 2.04 bits per heavy atom. The first-order valence-corrected chi connectivity index (χ1v) is 7.73. The van der Waals surface area contributed by atoms with Crippen molar-refractivity contribution in [3.05, 3.63) is 48.3 Å². The molecule has 0 atom stereocenters. The fourth-order valence-corrected chi connectivity index (χ4v) is 2.15. The Labute approximate surface area is 143 Å². The van der Waals surface area contributed by atoms with Crippen LogP contribution < -0.4 is 15.4 Å². The number of halogens is 3. The van der Waals surface area contributed by atoms with Gasteiger partial charge in [-0.05, 0) is 18.6 Å². The van der Waals surface area contributed by atoms with Crippen LogP contribution in [0.3, 0.4) is 0 Å². The predicted molar refractivity (Wildman–Crippen MR) is 88.2 cm³/mol.